The zero-order valence-electron chi connectivity index (χ0n) is 16.5. The van der Waals surface area contributed by atoms with Gasteiger partial charge in [-0.3, -0.25) is 9.08 Å². The van der Waals surface area contributed by atoms with Crippen molar-refractivity contribution in [1.29, 1.82) is 0 Å². The highest BCUT2D eigenvalue weighted by Crippen LogP contribution is 2.25. The largest absolute Gasteiger partial charge is 0.337 e. The summed E-state index contributed by atoms with van der Waals surface area (Å²) in [4.78, 5) is 8.94. The molecule has 0 amide bonds. The van der Waals surface area contributed by atoms with E-state index in [0.717, 1.165) is 24.2 Å². The molecule has 0 bridgehead atoms. The minimum Gasteiger partial charge on any atom is -0.337 e. The summed E-state index contributed by atoms with van der Waals surface area (Å²) >= 11 is 0. The Morgan fingerprint density at radius 1 is 1.24 bits per heavy atom. The molecule has 1 unspecified atom stereocenters. The van der Waals surface area contributed by atoms with Crippen LogP contribution in [0.1, 0.15) is 26.7 Å². The number of imidazole rings is 1. The van der Waals surface area contributed by atoms with Crippen LogP contribution in [0.15, 0.2) is 54.9 Å². The van der Waals surface area contributed by atoms with E-state index >= 15 is 0 Å². The molecule has 0 radical (unpaired) electrons. The maximum absolute atomic E-state index is 12.2. The Morgan fingerprint density at radius 2 is 2.10 bits per heavy atom. The molecule has 1 N–H and O–H groups in total. The van der Waals surface area contributed by atoms with E-state index in [4.69, 9.17) is 0 Å². The molecule has 29 heavy (non-hydrogen) atoms. The first-order chi connectivity index (χ1) is 14.0. The quantitative estimate of drug-likeness (QED) is 0.641. The van der Waals surface area contributed by atoms with E-state index in [1.165, 1.54) is 0 Å². The topological polar surface area (TPSA) is 94.2 Å². The lowest BCUT2D eigenvalue weighted by molar-refractivity contribution is 0.589. The van der Waals surface area contributed by atoms with Gasteiger partial charge in [-0.2, -0.15) is 5.10 Å². The molecule has 0 aliphatic heterocycles. The maximum Gasteiger partial charge on any atom is 0.180 e. The lowest BCUT2D eigenvalue weighted by Crippen LogP contribution is -2.23. The summed E-state index contributed by atoms with van der Waals surface area (Å²) in [6.45, 7) is 4.66. The van der Waals surface area contributed by atoms with Gasteiger partial charge in [0.1, 0.15) is 0 Å². The third-order valence-corrected chi connectivity index (χ3v) is 7.02. The lowest BCUT2D eigenvalue weighted by atomic mass is 10.1. The first-order valence-electron chi connectivity index (χ1n) is 9.73. The summed E-state index contributed by atoms with van der Waals surface area (Å²) in [6, 6.07) is 0. The fourth-order valence-electron chi connectivity index (χ4n) is 3.41. The highest BCUT2D eigenvalue weighted by atomic mass is 32.2. The zero-order valence-corrected chi connectivity index (χ0v) is 17.3. The standard InChI is InChI=1S/C20H24N6O2S/c1-3-9-25-14-15(12-23-25)18-13-22-20-19(21-8-10-26(18)20)24-16-6-5-7-17(11-16)29(27,28)4-2/h5-6,8,10-14,17H,3-4,7,9H2,1-2H3,(H,21,24). The predicted molar refractivity (Wildman–Crippen MR) is 113 cm³/mol. The van der Waals surface area contributed by atoms with Gasteiger partial charge in [0.25, 0.3) is 0 Å². The molecule has 1 atom stereocenters. The number of nitrogens with one attached hydrogen (secondary N) is 1. The molecule has 3 aromatic rings. The second-order valence-electron chi connectivity index (χ2n) is 6.98. The Balaban J connectivity index is 1.65. The van der Waals surface area contributed by atoms with Crippen molar-refractivity contribution >= 4 is 21.3 Å². The van der Waals surface area contributed by atoms with Crippen LogP contribution < -0.4 is 5.32 Å². The average molecular weight is 413 g/mol. The van der Waals surface area contributed by atoms with Crippen LogP contribution >= 0.6 is 0 Å². The average Bonchev–Trinajstić information content (AvgIpc) is 3.36. The minimum atomic E-state index is -3.14. The first-order valence-corrected chi connectivity index (χ1v) is 11.4. The van der Waals surface area contributed by atoms with Crippen molar-refractivity contribution in [3.63, 3.8) is 0 Å². The molecule has 0 saturated heterocycles. The van der Waals surface area contributed by atoms with E-state index in [2.05, 4.69) is 27.3 Å². The molecule has 9 heteroatoms. The van der Waals surface area contributed by atoms with Gasteiger partial charge in [-0.15, -0.1) is 0 Å². The molecule has 3 aromatic heterocycles. The fourth-order valence-corrected chi connectivity index (χ4v) is 4.59. The van der Waals surface area contributed by atoms with Gasteiger partial charge in [-0.05, 0) is 25.0 Å². The van der Waals surface area contributed by atoms with Crippen LogP contribution in [0.3, 0.4) is 0 Å². The van der Waals surface area contributed by atoms with Gasteiger partial charge in [0, 0.05) is 42.1 Å². The number of allylic oxidation sites excluding steroid dienone is 2. The lowest BCUT2D eigenvalue weighted by Gasteiger charge is -2.17. The molecular formula is C20H24N6O2S. The monoisotopic (exact) mass is 412 g/mol. The Kier molecular flexibility index (Phi) is 5.23. The van der Waals surface area contributed by atoms with Gasteiger partial charge in [-0.1, -0.05) is 19.9 Å². The van der Waals surface area contributed by atoms with E-state index in [-0.39, 0.29) is 5.75 Å². The van der Waals surface area contributed by atoms with E-state index < -0.39 is 15.1 Å². The SMILES string of the molecule is CCCn1cc(-c2cnc3c(NC4=CC(S(=O)(=O)CC)CC=C4)nccn23)cn1. The van der Waals surface area contributed by atoms with Crippen molar-refractivity contribution in [2.24, 2.45) is 0 Å². The van der Waals surface area contributed by atoms with Crippen LogP contribution in [0.4, 0.5) is 5.82 Å². The molecule has 0 spiro atoms. The van der Waals surface area contributed by atoms with Gasteiger partial charge in [0.15, 0.2) is 21.3 Å². The fraction of sp³-hybridized carbons (Fsp3) is 0.350. The van der Waals surface area contributed by atoms with Gasteiger partial charge in [0.05, 0.1) is 23.3 Å². The molecule has 152 valence electrons. The zero-order chi connectivity index (χ0) is 20.4. The Labute approximate surface area is 169 Å². The van der Waals surface area contributed by atoms with E-state index in [9.17, 15) is 8.42 Å². The number of fused-ring (bicyclic) bond motifs is 1. The van der Waals surface area contributed by atoms with Crippen molar-refractivity contribution in [3.05, 3.63) is 54.9 Å². The van der Waals surface area contributed by atoms with E-state index in [1.807, 2.05) is 39.8 Å². The highest BCUT2D eigenvalue weighted by molar-refractivity contribution is 7.92. The Morgan fingerprint density at radius 3 is 2.90 bits per heavy atom. The Bertz CT molecular complexity index is 1190. The number of nitrogens with zero attached hydrogens (tertiary/aromatic N) is 5. The number of anilines is 1. The van der Waals surface area contributed by atoms with Gasteiger partial charge in [-0.25, -0.2) is 18.4 Å². The van der Waals surface area contributed by atoms with Gasteiger partial charge in [0.2, 0.25) is 0 Å². The summed E-state index contributed by atoms with van der Waals surface area (Å²) in [5, 5.41) is 7.11. The van der Waals surface area contributed by atoms with Crippen molar-refractivity contribution in [3.8, 4) is 11.3 Å². The van der Waals surface area contributed by atoms with Gasteiger partial charge < -0.3 is 5.32 Å². The maximum atomic E-state index is 12.2. The molecular weight excluding hydrogens is 388 g/mol. The third-order valence-electron chi connectivity index (χ3n) is 4.97. The highest BCUT2D eigenvalue weighted by Gasteiger charge is 2.23. The number of aromatic nitrogens is 5. The van der Waals surface area contributed by atoms with Crippen LogP contribution in [0.5, 0.6) is 0 Å². The van der Waals surface area contributed by atoms with Crippen LogP contribution in [-0.2, 0) is 16.4 Å². The third kappa shape index (κ3) is 3.82. The number of sulfone groups is 1. The minimum absolute atomic E-state index is 0.123. The molecule has 3 heterocycles. The first kappa shape index (κ1) is 19.4. The summed E-state index contributed by atoms with van der Waals surface area (Å²) < 4.78 is 28.3. The van der Waals surface area contributed by atoms with Crippen LogP contribution in [0, 0.1) is 0 Å². The van der Waals surface area contributed by atoms with E-state index in [1.54, 1.807) is 25.4 Å². The van der Waals surface area contributed by atoms with E-state index in [0.29, 0.717) is 23.6 Å². The molecule has 0 aromatic carbocycles. The molecule has 1 aliphatic carbocycles. The van der Waals surface area contributed by atoms with Crippen LogP contribution in [0.2, 0.25) is 0 Å². The summed E-state index contributed by atoms with van der Waals surface area (Å²) in [5.74, 6) is 0.698. The van der Waals surface area contributed by atoms with Crippen LogP contribution in [0.25, 0.3) is 16.9 Å². The smallest absolute Gasteiger partial charge is 0.180 e. The second-order valence-corrected chi connectivity index (χ2v) is 9.49. The normalized spacial score (nSPS) is 16.9. The van der Waals surface area contributed by atoms with Crippen molar-refractivity contribution < 1.29 is 8.42 Å². The van der Waals surface area contributed by atoms with Gasteiger partial charge >= 0.3 is 0 Å². The Hall–Kier alpha value is -2.94. The summed E-state index contributed by atoms with van der Waals surface area (Å²) in [6.07, 6.45) is 16.2. The number of rotatable bonds is 7. The predicted octanol–water partition coefficient (Wildman–Crippen LogP) is 3.06. The summed E-state index contributed by atoms with van der Waals surface area (Å²) in [5.41, 5.74) is 3.28. The number of hydrogen-bond donors (Lipinski definition) is 1. The second kappa shape index (κ2) is 7.82. The van der Waals surface area contributed by atoms with Crippen molar-refractivity contribution in [1.82, 2.24) is 24.1 Å². The molecule has 0 fully saturated rings. The molecule has 4 rings (SSSR count). The number of aryl methyl sites for hydroxylation is 1. The molecule has 8 nitrogen and oxygen atoms in total. The molecule has 1 aliphatic rings. The number of hydrogen-bond acceptors (Lipinski definition) is 6. The van der Waals surface area contributed by atoms with Crippen molar-refractivity contribution in [2.75, 3.05) is 11.1 Å². The van der Waals surface area contributed by atoms with Crippen LogP contribution in [-0.4, -0.2) is 43.6 Å². The summed E-state index contributed by atoms with van der Waals surface area (Å²) in [7, 11) is -3.14. The molecule has 0 saturated carbocycles. The van der Waals surface area contributed by atoms with Crippen molar-refractivity contribution in [2.45, 2.75) is 38.5 Å².